The number of nitrogen functional groups attached to an aromatic ring is 1. The number of nitrogens with two attached hydrogens (primary N) is 1. The van der Waals surface area contributed by atoms with Crippen molar-refractivity contribution in [2.45, 2.75) is 13.3 Å². The van der Waals surface area contributed by atoms with Crippen molar-refractivity contribution in [1.29, 1.82) is 0 Å². The van der Waals surface area contributed by atoms with E-state index in [1.165, 1.54) is 6.42 Å². The molecular weight excluding hydrogens is 164 g/mol. The monoisotopic (exact) mass is 182 g/mol. The molecule has 0 bridgehead atoms. The van der Waals surface area contributed by atoms with Gasteiger partial charge in [0.15, 0.2) is 0 Å². The van der Waals surface area contributed by atoms with Crippen LogP contribution < -0.4 is 11.1 Å². The first-order valence-electron chi connectivity index (χ1n) is 4.39. The van der Waals surface area contributed by atoms with Gasteiger partial charge in [-0.25, -0.2) is 0 Å². The number of rotatable bonds is 2. The summed E-state index contributed by atoms with van der Waals surface area (Å²) in [6.07, 6.45) is 1.23. The summed E-state index contributed by atoms with van der Waals surface area (Å²) in [5, 5.41) is 11.7. The Morgan fingerprint density at radius 2 is 1.85 bits per heavy atom. The third-order valence-electron chi connectivity index (χ3n) is 1.39. The van der Waals surface area contributed by atoms with E-state index in [0.717, 1.165) is 6.54 Å². The quantitative estimate of drug-likeness (QED) is 0.481. The minimum absolute atomic E-state index is 0.249. The molecule has 0 amide bonds. The van der Waals surface area contributed by atoms with Crippen LogP contribution in [0, 0.1) is 0 Å². The molecule has 0 radical (unpaired) electrons. The van der Waals surface area contributed by atoms with E-state index >= 15 is 0 Å². The number of hydrogen-bond acceptors (Lipinski definition) is 3. The molecule has 0 aliphatic rings. The fourth-order valence-corrected chi connectivity index (χ4v) is 0.724. The van der Waals surface area contributed by atoms with E-state index in [2.05, 4.69) is 12.2 Å². The third-order valence-corrected chi connectivity index (χ3v) is 1.39. The van der Waals surface area contributed by atoms with Crippen molar-refractivity contribution in [3.8, 4) is 5.75 Å². The molecule has 3 nitrogen and oxygen atoms in total. The van der Waals surface area contributed by atoms with E-state index < -0.39 is 0 Å². The average molecular weight is 182 g/mol. The van der Waals surface area contributed by atoms with E-state index in [4.69, 9.17) is 10.8 Å². The summed E-state index contributed by atoms with van der Waals surface area (Å²) in [6, 6.07) is 6.40. The SMILES string of the molecule is CCCNC.Nc1ccc(O)cc1. The smallest absolute Gasteiger partial charge is 0.115 e. The topological polar surface area (TPSA) is 58.3 Å². The molecule has 0 heterocycles. The van der Waals surface area contributed by atoms with E-state index in [-0.39, 0.29) is 5.75 Å². The van der Waals surface area contributed by atoms with Gasteiger partial charge in [-0.1, -0.05) is 6.92 Å². The number of benzene rings is 1. The molecule has 0 saturated carbocycles. The minimum Gasteiger partial charge on any atom is -0.508 e. The summed E-state index contributed by atoms with van der Waals surface area (Å²) in [5.41, 5.74) is 5.98. The van der Waals surface area contributed by atoms with Crippen LogP contribution in [0.5, 0.6) is 5.75 Å². The van der Waals surface area contributed by atoms with Gasteiger partial charge in [0.2, 0.25) is 0 Å². The third kappa shape index (κ3) is 7.15. The average Bonchev–Trinajstić information content (AvgIpc) is 2.13. The van der Waals surface area contributed by atoms with E-state index in [1.54, 1.807) is 24.3 Å². The van der Waals surface area contributed by atoms with Gasteiger partial charge in [0.1, 0.15) is 5.75 Å². The summed E-state index contributed by atoms with van der Waals surface area (Å²) in [6.45, 7) is 3.29. The second-order valence-electron chi connectivity index (χ2n) is 2.70. The number of phenolic OH excluding ortho intramolecular Hbond substituents is 1. The number of hydrogen-bond donors (Lipinski definition) is 3. The standard InChI is InChI=1S/C6H7NO.C4H11N/c7-5-1-3-6(8)4-2-5;1-3-4-5-2/h1-4,8H,7H2;5H,3-4H2,1-2H3. The highest BCUT2D eigenvalue weighted by atomic mass is 16.3. The van der Waals surface area contributed by atoms with Crippen molar-refractivity contribution in [1.82, 2.24) is 5.32 Å². The highest BCUT2D eigenvalue weighted by molar-refractivity contribution is 5.40. The first-order valence-corrected chi connectivity index (χ1v) is 4.39. The molecule has 1 rings (SSSR count). The molecule has 0 saturated heterocycles. The molecule has 0 aliphatic heterocycles. The molecule has 0 aliphatic carbocycles. The van der Waals surface area contributed by atoms with Crippen molar-refractivity contribution in [3.05, 3.63) is 24.3 Å². The Morgan fingerprint density at radius 1 is 1.31 bits per heavy atom. The maximum Gasteiger partial charge on any atom is 0.115 e. The van der Waals surface area contributed by atoms with Gasteiger partial charge < -0.3 is 16.2 Å². The highest BCUT2D eigenvalue weighted by Crippen LogP contribution is 2.09. The molecule has 1 aromatic carbocycles. The summed E-state index contributed by atoms with van der Waals surface area (Å²) in [4.78, 5) is 0. The van der Waals surface area contributed by atoms with Gasteiger partial charge in [-0.15, -0.1) is 0 Å². The lowest BCUT2D eigenvalue weighted by atomic mass is 10.3. The maximum absolute atomic E-state index is 8.70. The zero-order valence-corrected chi connectivity index (χ0v) is 8.25. The van der Waals surface area contributed by atoms with Crippen LogP contribution in [-0.4, -0.2) is 18.7 Å². The summed E-state index contributed by atoms with van der Waals surface area (Å²) >= 11 is 0. The predicted molar refractivity (Wildman–Crippen MR) is 56.7 cm³/mol. The second kappa shape index (κ2) is 7.43. The van der Waals surface area contributed by atoms with Crippen molar-refractivity contribution >= 4 is 5.69 Å². The lowest BCUT2D eigenvalue weighted by molar-refractivity contribution is 0.475. The Morgan fingerprint density at radius 3 is 2.08 bits per heavy atom. The number of nitrogens with one attached hydrogen (secondary N) is 1. The number of aromatic hydroxyl groups is 1. The van der Waals surface area contributed by atoms with Gasteiger partial charge in [0, 0.05) is 5.69 Å². The Kier molecular flexibility index (Phi) is 6.73. The second-order valence-corrected chi connectivity index (χ2v) is 2.70. The molecule has 0 aromatic heterocycles. The summed E-state index contributed by atoms with van der Waals surface area (Å²) < 4.78 is 0. The largest absolute Gasteiger partial charge is 0.508 e. The normalized spacial score (nSPS) is 8.77. The van der Waals surface area contributed by atoms with Crippen LogP contribution in [-0.2, 0) is 0 Å². The van der Waals surface area contributed by atoms with Crippen LogP contribution in [0.4, 0.5) is 5.69 Å². The van der Waals surface area contributed by atoms with E-state index in [0.29, 0.717) is 5.69 Å². The van der Waals surface area contributed by atoms with Crippen molar-refractivity contribution < 1.29 is 5.11 Å². The fraction of sp³-hybridized carbons (Fsp3) is 0.400. The van der Waals surface area contributed by atoms with Crippen molar-refractivity contribution in [3.63, 3.8) is 0 Å². The van der Waals surface area contributed by atoms with Gasteiger partial charge in [0.05, 0.1) is 0 Å². The van der Waals surface area contributed by atoms with Crippen molar-refractivity contribution in [2.75, 3.05) is 19.3 Å². The Hall–Kier alpha value is -1.22. The first-order chi connectivity index (χ1) is 6.20. The zero-order chi connectivity index (χ0) is 10.1. The first kappa shape index (κ1) is 11.8. The minimum atomic E-state index is 0.249. The maximum atomic E-state index is 8.70. The Balaban J connectivity index is 0.000000252. The predicted octanol–water partition coefficient (Wildman–Crippen LogP) is 1.59. The molecule has 4 N–H and O–H groups in total. The molecule has 0 atom stereocenters. The number of phenols is 1. The molecule has 0 fully saturated rings. The van der Waals surface area contributed by atoms with Crippen LogP contribution in [0.1, 0.15) is 13.3 Å². The summed E-state index contributed by atoms with van der Waals surface area (Å²) in [7, 11) is 1.96. The van der Waals surface area contributed by atoms with Crippen LogP contribution in [0.2, 0.25) is 0 Å². The van der Waals surface area contributed by atoms with Gasteiger partial charge in [-0.3, -0.25) is 0 Å². The molecule has 0 spiro atoms. The van der Waals surface area contributed by atoms with Crippen LogP contribution in [0.25, 0.3) is 0 Å². The van der Waals surface area contributed by atoms with Crippen molar-refractivity contribution in [2.24, 2.45) is 0 Å². The molecular formula is C10H18N2O. The van der Waals surface area contributed by atoms with Gasteiger partial charge in [-0.05, 0) is 44.3 Å². The molecule has 0 unspecified atom stereocenters. The fourth-order valence-electron chi connectivity index (χ4n) is 0.724. The Bertz CT molecular complexity index is 186. The molecule has 74 valence electrons. The van der Waals surface area contributed by atoms with Gasteiger partial charge >= 0.3 is 0 Å². The van der Waals surface area contributed by atoms with Crippen LogP contribution in [0.15, 0.2) is 24.3 Å². The lowest BCUT2D eigenvalue weighted by Crippen LogP contribution is -2.04. The van der Waals surface area contributed by atoms with Gasteiger partial charge in [0.25, 0.3) is 0 Å². The molecule has 13 heavy (non-hydrogen) atoms. The van der Waals surface area contributed by atoms with Gasteiger partial charge in [-0.2, -0.15) is 0 Å². The molecule has 1 aromatic rings. The van der Waals surface area contributed by atoms with E-state index in [1.807, 2.05) is 7.05 Å². The number of anilines is 1. The molecule has 3 heteroatoms. The van der Waals surface area contributed by atoms with E-state index in [9.17, 15) is 0 Å². The lowest BCUT2D eigenvalue weighted by Gasteiger charge is -1.89. The Labute approximate surface area is 79.6 Å². The highest BCUT2D eigenvalue weighted by Gasteiger charge is 1.82. The summed E-state index contributed by atoms with van der Waals surface area (Å²) in [5.74, 6) is 0.249. The zero-order valence-electron chi connectivity index (χ0n) is 8.25. The van der Waals surface area contributed by atoms with Crippen LogP contribution >= 0.6 is 0 Å². The van der Waals surface area contributed by atoms with Crippen LogP contribution in [0.3, 0.4) is 0 Å².